The minimum absolute atomic E-state index is 0.249. The molecule has 1 aromatic carbocycles. The Morgan fingerprint density at radius 1 is 1.27 bits per heavy atom. The monoisotopic (exact) mass is 200 g/mol. The fourth-order valence-corrected chi connectivity index (χ4v) is 2.12. The van der Waals surface area contributed by atoms with Crippen molar-refractivity contribution in [3.05, 3.63) is 48.0 Å². The van der Waals surface area contributed by atoms with Gasteiger partial charge in [0.1, 0.15) is 0 Å². The molecule has 1 atom stereocenters. The number of Topliss-reactive ketones (excluding diaryl/α,β-unsaturated/α-hetero) is 1. The summed E-state index contributed by atoms with van der Waals surface area (Å²) in [6.07, 6.45) is 7.40. The second-order valence-corrected chi connectivity index (χ2v) is 4.41. The highest BCUT2D eigenvalue weighted by molar-refractivity contribution is 6.01. The molecular weight excluding hydrogens is 184 g/mol. The first kappa shape index (κ1) is 10.2. The van der Waals surface area contributed by atoms with Crippen molar-refractivity contribution in [3.8, 4) is 0 Å². The van der Waals surface area contributed by atoms with Crippen molar-refractivity contribution < 1.29 is 4.79 Å². The van der Waals surface area contributed by atoms with Gasteiger partial charge in [-0.05, 0) is 26.2 Å². The number of allylic oxidation sites excluding steroid dienone is 2. The third kappa shape index (κ3) is 2.01. The molecule has 0 amide bonds. The van der Waals surface area contributed by atoms with Gasteiger partial charge in [0.15, 0.2) is 5.78 Å². The summed E-state index contributed by atoms with van der Waals surface area (Å²) in [5.74, 6) is 0.249. The zero-order valence-corrected chi connectivity index (χ0v) is 9.07. The highest BCUT2D eigenvalue weighted by Crippen LogP contribution is 2.33. The van der Waals surface area contributed by atoms with Crippen molar-refractivity contribution in [3.63, 3.8) is 0 Å². The molecule has 0 spiro atoms. The van der Waals surface area contributed by atoms with Gasteiger partial charge in [-0.2, -0.15) is 0 Å². The van der Waals surface area contributed by atoms with E-state index in [2.05, 4.69) is 12.2 Å². The molecule has 0 fully saturated rings. The Morgan fingerprint density at radius 2 is 2.00 bits per heavy atom. The maximum Gasteiger partial charge on any atom is 0.172 e. The van der Waals surface area contributed by atoms with E-state index >= 15 is 0 Å². The van der Waals surface area contributed by atoms with Gasteiger partial charge in [-0.15, -0.1) is 0 Å². The predicted octanol–water partition coefficient (Wildman–Crippen LogP) is 3.62. The largest absolute Gasteiger partial charge is 0.293 e. The molecule has 0 heterocycles. The van der Waals surface area contributed by atoms with Crippen molar-refractivity contribution in [2.75, 3.05) is 0 Å². The van der Waals surface area contributed by atoms with Crippen LogP contribution in [0.3, 0.4) is 0 Å². The summed E-state index contributed by atoms with van der Waals surface area (Å²) in [6, 6.07) is 9.58. The number of hydrogen-bond acceptors (Lipinski definition) is 1. The van der Waals surface area contributed by atoms with Gasteiger partial charge >= 0.3 is 0 Å². The minimum atomic E-state index is -0.278. The molecule has 2 rings (SSSR count). The van der Waals surface area contributed by atoms with Gasteiger partial charge in [-0.1, -0.05) is 42.5 Å². The summed E-state index contributed by atoms with van der Waals surface area (Å²) in [4.78, 5) is 12.3. The van der Waals surface area contributed by atoms with E-state index in [-0.39, 0.29) is 11.2 Å². The number of benzene rings is 1. The Morgan fingerprint density at radius 3 is 2.60 bits per heavy atom. The number of rotatable bonds is 2. The van der Waals surface area contributed by atoms with Gasteiger partial charge in [0.2, 0.25) is 0 Å². The molecule has 0 unspecified atom stereocenters. The highest BCUT2D eigenvalue weighted by atomic mass is 16.1. The zero-order chi connectivity index (χ0) is 10.7. The molecule has 0 radical (unpaired) electrons. The van der Waals surface area contributed by atoms with Crippen LogP contribution in [0.15, 0.2) is 42.5 Å². The van der Waals surface area contributed by atoms with Gasteiger partial charge in [0, 0.05) is 11.0 Å². The van der Waals surface area contributed by atoms with Gasteiger partial charge in [0.25, 0.3) is 0 Å². The standard InChI is InChI=1S/C14H16O/c1-14(10-6-3-7-11-14)13(15)12-8-4-2-5-9-12/h2,4-6,8-10H,3,7,11H2,1H3/t14-/m0/s1. The number of hydrogen-bond donors (Lipinski definition) is 0. The van der Waals surface area contributed by atoms with Crippen molar-refractivity contribution in [2.24, 2.45) is 5.41 Å². The van der Waals surface area contributed by atoms with Gasteiger partial charge in [-0.25, -0.2) is 0 Å². The van der Waals surface area contributed by atoms with Crippen molar-refractivity contribution >= 4 is 5.78 Å². The van der Waals surface area contributed by atoms with E-state index in [1.807, 2.05) is 37.3 Å². The molecule has 1 nitrogen and oxygen atoms in total. The number of ketones is 1. The van der Waals surface area contributed by atoms with Crippen LogP contribution in [-0.4, -0.2) is 5.78 Å². The smallest absolute Gasteiger partial charge is 0.172 e. The van der Waals surface area contributed by atoms with Crippen LogP contribution < -0.4 is 0 Å². The topological polar surface area (TPSA) is 17.1 Å². The van der Waals surface area contributed by atoms with Crippen molar-refractivity contribution in [2.45, 2.75) is 26.2 Å². The van der Waals surface area contributed by atoms with E-state index in [9.17, 15) is 4.79 Å². The van der Waals surface area contributed by atoms with Crippen LogP contribution in [0, 0.1) is 5.41 Å². The summed E-state index contributed by atoms with van der Waals surface area (Å²) >= 11 is 0. The summed E-state index contributed by atoms with van der Waals surface area (Å²) in [5, 5.41) is 0. The van der Waals surface area contributed by atoms with Crippen LogP contribution in [0.5, 0.6) is 0 Å². The third-order valence-corrected chi connectivity index (χ3v) is 3.11. The third-order valence-electron chi connectivity index (χ3n) is 3.11. The van der Waals surface area contributed by atoms with Gasteiger partial charge in [-0.3, -0.25) is 4.79 Å². The molecule has 0 bridgehead atoms. The molecule has 0 aliphatic heterocycles. The lowest BCUT2D eigenvalue weighted by Gasteiger charge is -2.27. The molecule has 1 heteroatoms. The van der Waals surface area contributed by atoms with Crippen LogP contribution in [0.2, 0.25) is 0 Å². The van der Waals surface area contributed by atoms with E-state index in [0.717, 1.165) is 24.8 Å². The normalized spacial score (nSPS) is 25.1. The van der Waals surface area contributed by atoms with Crippen LogP contribution in [0.25, 0.3) is 0 Å². The van der Waals surface area contributed by atoms with E-state index in [1.165, 1.54) is 0 Å². The number of carbonyl (C=O) groups excluding carboxylic acids is 1. The zero-order valence-electron chi connectivity index (χ0n) is 9.07. The molecule has 0 N–H and O–H groups in total. The Hall–Kier alpha value is -1.37. The second-order valence-electron chi connectivity index (χ2n) is 4.41. The van der Waals surface area contributed by atoms with Crippen molar-refractivity contribution in [1.82, 2.24) is 0 Å². The first-order valence-electron chi connectivity index (χ1n) is 5.50. The maximum absolute atomic E-state index is 12.3. The molecule has 78 valence electrons. The summed E-state index contributed by atoms with van der Waals surface area (Å²) in [5.41, 5.74) is 0.547. The molecular formula is C14H16O. The van der Waals surface area contributed by atoms with E-state index in [0.29, 0.717) is 0 Å². The SMILES string of the molecule is C[C@]1(C(=O)c2ccccc2)C=CCCC1. The van der Waals surface area contributed by atoms with Crippen LogP contribution in [0.4, 0.5) is 0 Å². The lowest BCUT2D eigenvalue weighted by atomic mass is 9.75. The molecule has 0 saturated carbocycles. The lowest BCUT2D eigenvalue weighted by molar-refractivity contribution is 0.0853. The highest BCUT2D eigenvalue weighted by Gasteiger charge is 2.31. The molecule has 0 aromatic heterocycles. The minimum Gasteiger partial charge on any atom is -0.293 e. The quantitative estimate of drug-likeness (QED) is 0.526. The Balaban J connectivity index is 2.28. The lowest BCUT2D eigenvalue weighted by Crippen LogP contribution is -2.27. The summed E-state index contributed by atoms with van der Waals surface area (Å²) < 4.78 is 0. The first-order valence-corrected chi connectivity index (χ1v) is 5.50. The second kappa shape index (κ2) is 4.01. The average molecular weight is 200 g/mol. The number of carbonyl (C=O) groups is 1. The fourth-order valence-electron chi connectivity index (χ4n) is 2.12. The van der Waals surface area contributed by atoms with Gasteiger partial charge < -0.3 is 0 Å². The van der Waals surface area contributed by atoms with Crippen LogP contribution in [0.1, 0.15) is 36.5 Å². The van der Waals surface area contributed by atoms with E-state index in [4.69, 9.17) is 0 Å². The van der Waals surface area contributed by atoms with E-state index < -0.39 is 0 Å². The Bertz CT molecular complexity index is 378. The summed E-state index contributed by atoms with van der Waals surface area (Å²) in [6.45, 7) is 2.04. The fraction of sp³-hybridized carbons (Fsp3) is 0.357. The van der Waals surface area contributed by atoms with Crippen molar-refractivity contribution in [1.29, 1.82) is 0 Å². The Kier molecular flexibility index (Phi) is 2.72. The van der Waals surface area contributed by atoms with E-state index in [1.54, 1.807) is 0 Å². The Labute approximate surface area is 90.8 Å². The maximum atomic E-state index is 12.3. The molecule has 15 heavy (non-hydrogen) atoms. The molecule has 1 aliphatic carbocycles. The first-order chi connectivity index (χ1) is 7.22. The molecule has 1 aromatic rings. The summed E-state index contributed by atoms with van der Waals surface area (Å²) in [7, 11) is 0. The van der Waals surface area contributed by atoms with Gasteiger partial charge in [0.05, 0.1) is 0 Å². The molecule has 0 saturated heterocycles. The molecule has 1 aliphatic rings. The van der Waals surface area contributed by atoms with Crippen LogP contribution in [-0.2, 0) is 0 Å². The van der Waals surface area contributed by atoms with Crippen LogP contribution >= 0.6 is 0 Å². The predicted molar refractivity (Wildman–Crippen MR) is 61.9 cm³/mol. The average Bonchev–Trinajstić information content (AvgIpc) is 2.30.